The number of hydrogen-bond acceptors (Lipinski definition) is 3. The van der Waals surface area contributed by atoms with Gasteiger partial charge in [0.1, 0.15) is 0 Å². The molecule has 1 N–H and O–H groups in total. The van der Waals surface area contributed by atoms with Gasteiger partial charge in [-0.2, -0.15) is 0 Å². The zero-order valence-electron chi connectivity index (χ0n) is 14.2. The van der Waals surface area contributed by atoms with Crippen molar-refractivity contribution in [3.8, 4) is 0 Å². The normalized spacial score (nSPS) is 17.8. The minimum atomic E-state index is -0.273. The van der Waals surface area contributed by atoms with E-state index in [1.165, 1.54) is 0 Å². The van der Waals surface area contributed by atoms with Gasteiger partial charge in [-0.25, -0.2) is 0 Å². The van der Waals surface area contributed by atoms with Crippen molar-refractivity contribution in [2.24, 2.45) is 5.92 Å². The topological polar surface area (TPSA) is 58.6 Å². The highest BCUT2D eigenvalue weighted by atomic mass is 16.5. The zero-order chi connectivity index (χ0) is 16.8. The van der Waals surface area contributed by atoms with Gasteiger partial charge < -0.3 is 15.0 Å². The predicted molar refractivity (Wildman–Crippen MR) is 90.5 cm³/mol. The maximum atomic E-state index is 12.4. The summed E-state index contributed by atoms with van der Waals surface area (Å²) in [5.41, 5.74) is 2.07. The number of hydrogen-bond donors (Lipinski definition) is 1. The molecular formula is C18H26N2O3. The van der Waals surface area contributed by atoms with E-state index in [2.05, 4.69) is 19.2 Å². The van der Waals surface area contributed by atoms with Gasteiger partial charge in [0.2, 0.25) is 11.8 Å². The van der Waals surface area contributed by atoms with Crippen molar-refractivity contribution >= 4 is 17.5 Å². The summed E-state index contributed by atoms with van der Waals surface area (Å²) in [7, 11) is 1.64. The molecular weight excluding hydrogens is 292 g/mol. The van der Waals surface area contributed by atoms with Crippen LogP contribution in [-0.4, -0.2) is 38.6 Å². The fourth-order valence-corrected chi connectivity index (χ4v) is 2.91. The third kappa shape index (κ3) is 4.32. The number of para-hydroxylation sites is 1. The molecule has 2 amide bonds. The van der Waals surface area contributed by atoms with Crippen molar-refractivity contribution < 1.29 is 14.3 Å². The van der Waals surface area contributed by atoms with Crippen LogP contribution < -0.4 is 10.2 Å². The van der Waals surface area contributed by atoms with Gasteiger partial charge in [-0.15, -0.1) is 0 Å². The van der Waals surface area contributed by atoms with Crippen molar-refractivity contribution in [2.45, 2.75) is 32.6 Å². The first kappa shape index (κ1) is 17.5. The minimum absolute atomic E-state index is 0.0233. The number of ether oxygens (including phenoxy) is 1. The highest BCUT2D eigenvalue weighted by molar-refractivity contribution is 6.00. The van der Waals surface area contributed by atoms with E-state index in [0.717, 1.165) is 17.7 Å². The van der Waals surface area contributed by atoms with Crippen LogP contribution in [0.25, 0.3) is 0 Å². The molecule has 1 aromatic rings. The van der Waals surface area contributed by atoms with Gasteiger partial charge in [-0.05, 0) is 24.0 Å². The molecule has 0 spiro atoms. The van der Waals surface area contributed by atoms with Gasteiger partial charge in [0, 0.05) is 38.9 Å². The molecule has 1 atom stereocenters. The molecule has 0 aliphatic carbocycles. The quantitative estimate of drug-likeness (QED) is 0.785. The molecule has 126 valence electrons. The fraction of sp³-hybridized carbons (Fsp3) is 0.556. The van der Waals surface area contributed by atoms with Gasteiger partial charge >= 0.3 is 0 Å². The van der Waals surface area contributed by atoms with E-state index in [1.807, 2.05) is 24.3 Å². The summed E-state index contributed by atoms with van der Waals surface area (Å²) in [4.78, 5) is 26.3. The highest BCUT2D eigenvalue weighted by Gasteiger charge is 2.35. The summed E-state index contributed by atoms with van der Waals surface area (Å²) in [6.45, 7) is 5.88. The highest BCUT2D eigenvalue weighted by Crippen LogP contribution is 2.32. The predicted octanol–water partition coefficient (Wildman–Crippen LogP) is 2.32. The number of carbonyl (C=O) groups is 2. The van der Waals surface area contributed by atoms with Gasteiger partial charge in [0.05, 0.1) is 5.92 Å². The van der Waals surface area contributed by atoms with Crippen molar-refractivity contribution in [3.05, 3.63) is 29.8 Å². The summed E-state index contributed by atoms with van der Waals surface area (Å²) in [6.07, 6.45) is 1.06. The Balaban J connectivity index is 2.01. The van der Waals surface area contributed by atoms with E-state index >= 15 is 0 Å². The standard InChI is InChI=1S/C18H26N2O3/c1-13(2)15-7-4-5-8-16(15)20-12-14(11-17(20)21)18(22)19-9-6-10-23-3/h4-5,7-8,13-14H,6,9-12H2,1-3H3,(H,19,22). The number of methoxy groups -OCH3 is 1. The SMILES string of the molecule is COCCCNC(=O)C1CC(=O)N(c2ccccc2C(C)C)C1. The number of nitrogens with zero attached hydrogens (tertiary/aromatic N) is 1. The molecule has 23 heavy (non-hydrogen) atoms. The average Bonchev–Trinajstić information content (AvgIpc) is 2.93. The lowest BCUT2D eigenvalue weighted by molar-refractivity contribution is -0.126. The largest absolute Gasteiger partial charge is 0.385 e. The molecule has 1 aliphatic heterocycles. The summed E-state index contributed by atoms with van der Waals surface area (Å²) < 4.78 is 4.96. The van der Waals surface area contributed by atoms with E-state index in [0.29, 0.717) is 25.6 Å². The second kappa shape index (κ2) is 8.11. The lowest BCUT2D eigenvalue weighted by Gasteiger charge is -2.22. The van der Waals surface area contributed by atoms with Gasteiger partial charge in [0.15, 0.2) is 0 Å². The first-order chi connectivity index (χ1) is 11.0. The molecule has 0 radical (unpaired) electrons. The van der Waals surface area contributed by atoms with E-state index in [4.69, 9.17) is 4.74 Å². The maximum Gasteiger partial charge on any atom is 0.227 e. The summed E-state index contributed by atoms with van der Waals surface area (Å²) in [6, 6.07) is 7.93. The molecule has 0 aromatic heterocycles. The van der Waals surface area contributed by atoms with Crippen LogP contribution in [0.3, 0.4) is 0 Å². The Hall–Kier alpha value is -1.88. The number of carbonyl (C=O) groups excluding carboxylic acids is 2. The molecule has 1 aliphatic rings. The van der Waals surface area contributed by atoms with Gasteiger partial charge in [-0.3, -0.25) is 9.59 Å². The van der Waals surface area contributed by atoms with Crippen LogP contribution >= 0.6 is 0 Å². The number of benzene rings is 1. The Labute approximate surface area is 138 Å². The first-order valence-electron chi connectivity index (χ1n) is 8.20. The average molecular weight is 318 g/mol. The van der Waals surface area contributed by atoms with Crippen molar-refractivity contribution in [2.75, 3.05) is 31.7 Å². The van der Waals surface area contributed by atoms with Crippen molar-refractivity contribution in [1.82, 2.24) is 5.32 Å². The summed E-state index contributed by atoms with van der Waals surface area (Å²) in [5.74, 6) is 0.0420. The fourth-order valence-electron chi connectivity index (χ4n) is 2.91. The number of anilines is 1. The van der Waals surface area contributed by atoms with E-state index in [9.17, 15) is 9.59 Å². The second-order valence-corrected chi connectivity index (χ2v) is 6.26. The Morgan fingerprint density at radius 1 is 1.39 bits per heavy atom. The lowest BCUT2D eigenvalue weighted by Crippen LogP contribution is -2.34. The Kier molecular flexibility index (Phi) is 6.16. The molecule has 0 saturated carbocycles. The van der Waals surface area contributed by atoms with Crippen LogP contribution in [0.5, 0.6) is 0 Å². The maximum absolute atomic E-state index is 12.4. The summed E-state index contributed by atoms with van der Waals surface area (Å²) in [5, 5.41) is 2.89. The zero-order valence-corrected chi connectivity index (χ0v) is 14.2. The Bertz CT molecular complexity index is 557. The van der Waals surface area contributed by atoms with Gasteiger partial charge in [0.25, 0.3) is 0 Å². The molecule has 1 fully saturated rings. The van der Waals surface area contributed by atoms with E-state index in [1.54, 1.807) is 12.0 Å². The van der Waals surface area contributed by atoms with Crippen molar-refractivity contribution in [3.63, 3.8) is 0 Å². The molecule has 1 saturated heterocycles. The van der Waals surface area contributed by atoms with Crippen LogP contribution in [0.1, 0.15) is 38.2 Å². The Morgan fingerprint density at radius 3 is 2.83 bits per heavy atom. The smallest absolute Gasteiger partial charge is 0.227 e. The minimum Gasteiger partial charge on any atom is -0.385 e. The van der Waals surface area contributed by atoms with E-state index < -0.39 is 0 Å². The molecule has 2 rings (SSSR count). The number of nitrogens with one attached hydrogen (secondary N) is 1. The summed E-state index contributed by atoms with van der Waals surface area (Å²) >= 11 is 0. The van der Waals surface area contributed by atoms with Crippen molar-refractivity contribution in [1.29, 1.82) is 0 Å². The third-order valence-corrected chi connectivity index (χ3v) is 4.17. The van der Waals surface area contributed by atoms with E-state index in [-0.39, 0.29) is 24.2 Å². The van der Waals surface area contributed by atoms with Crippen LogP contribution in [0, 0.1) is 5.92 Å². The van der Waals surface area contributed by atoms with Gasteiger partial charge in [-0.1, -0.05) is 32.0 Å². The lowest BCUT2D eigenvalue weighted by atomic mass is 10.0. The van der Waals surface area contributed by atoms with Crippen LogP contribution in [-0.2, 0) is 14.3 Å². The van der Waals surface area contributed by atoms with Crippen LogP contribution in [0.2, 0.25) is 0 Å². The number of amides is 2. The molecule has 5 nitrogen and oxygen atoms in total. The third-order valence-electron chi connectivity index (χ3n) is 4.17. The molecule has 1 heterocycles. The monoisotopic (exact) mass is 318 g/mol. The van der Waals surface area contributed by atoms with Crippen LogP contribution in [0.15, 0.2) is 24.3 Å². The first-order valence-corrected chi connectivity index (χ1v) is 8.20. The molecule has 1 aromatic carbocycles. The van der Waals surface area contributed by atoms with Crippen LogP contribution in [0.4, 0.5) is 5.69 Å². The number of rotatable bonds is 7. The molecule has 0 bridgehead atoms. The Morgan fingerprint density at radius 2 is 2.13 bits per heavy atom. The second-order valence-electron chi connectivity index (χ2n) is 6.26. The molecule has 1 unspecified atom stereocenters. The molecule has 5 heteroatoms.